The summed E-state index contributed by atoms with van der Waals surface area (Å²) in [5, 5.41) is 12.8. The number of hydrogen-bond acceptors (Lipinski definition) is 3. The topological polar surface area (TPSA) is 45.0 Å². The van der Waals surface area contributed by atoms with Crippen LogP contribution in [-0.2, 0) is 4.74 Å². The SMILES string of the molecule is COCC(C#N)(Nc1ccc(C)cc1)C1CC1. The van der Waals surface area contributed by atoms with Crippen molar-refractivity contribution >= 4 is 5.69 Å². The van der Waals surface area contributed by atoms with Crippen molar-refractivity contribution in [3.05, 3.63) is 29.8 Å². The third-order valence-corrected chi connectivity index (χ3v) is 3.26. The standard InChI is InChI=1S/C14H18N2O/c1-11-3-7-13(8-4-11)16-14(9-15,10-17-2)12-5-6-12/h3-4,7-8,12,16H,5-6,10H2,1-2H3. The summed E-state index contributed by atoms with van der Waals surface area (Å²) in [7, 11) is 1.64. The Morgan fingerprint density at radius 3 is 2.53 bits per heavy atom. The summed E-state index contributed by atoms with van der Waals surface area (Å²) in [4.78, 5) is 0. The number of methoxy groups -OCH3 is 1. The van der Waals surface area contributed by atoms with Gasteiger partial charge in [0.2, 0.25) is 0 Å². The van der Waals surface area contributed by atoms with Crippen LogP contribution in [0.1, 0.15) is 18.4 Å². The van der Waals surface area contributed by atoms with E-state index in [1.165, 1.54) is 5.56 Å². The van der Waals surface area contributed by atoms with Gasteiger partial charge in [0, 0.05) is 12.8 Å². The maximum absolute atomic E-state index is 9.44. The summed E-state index contributed by atoms with van der Waals surface area (Å²) < 4.78 is 5.21. The fourth-order valence-corrected chi connectivity index (χ4v) is 2.11. The second kappa shape index (κ2) is 4.77. The van der Waals surface area contributed by atoms with Crippen LogP contribution >= 0.6 is 0 Å². The average Bonchev–Trinajstić information content (AvgIpc) is 3.16. The number of hydrogen-bond donors (Lipinski definition) is 1. The second-order valence-corrected chi connectivity index (χ2v) is 4.78. The van der Waals surface area contributed by atoms with E-state index in [-0.39, 0.29) is 0 Å². The van der Waals surface area contributed by atoms with Crippen LogP contribution < -0.4 is 5.32 Å². The van der Waals surface area contributed by atoms with E-state index in [0.29, 0.717) is 12.5 Å². The van der Waals surface area contributed by atoms with E-state index in [0.717, 1.165) is 18.5 Å². The zero-order valence-electron chi connectivity index (χ0n) is 10.4. The Morgan fingerprint density at radius 1 is 1.41 bits per heavy atom. The van der Waals surface area contributed by atoms with E-state index in [4.69, 9.17) is 4.74 Å². The first-order valence-electron chi connectivity index (χ1n) is 5.95. The highest BCUT2D eigenvalue weighted by Crippen LogP contribution is 2.41. The molecule has 1 aliphatic carbocycles. The van der Waals surface area contributed by atoms with E-state index >= 15 is 0 Å². The summed E-state index contributed by atoms with van der Waals surface area (Å²) in [6.07, 6.45) is 2.21. The van der Waals surface area contributed by atoms with Gasteiger partial charge in [-0.2, -0.15) is 5.26 Å². The molecule has 17 heavy (non-hydrogen) atoms. The van der Waals surface area contributed by atoms with Gasteiger partial charge in [-0.3, -0.25) is 0 Å². The summed E-state index contributed by atoms with van der Waals surface area (Å²) in [5.74, 6) is 0.411. The Labute approximate surface area is 102 Å². The first-order valence-corrected chi connectivity index (χ1v) is 5.95. The van der Waals surface area contributed by atoms with Crippen molar-refractivity contribution in [1.29, 1.82) is 5.26 Å². The van der Waals surface area contributed by atoms with Crippen LogP contribution in [0.4, 0.5) is 5.69 Å². The molecule has 1 unspecified atom stereocenters. The minimum absolute atomic E-state index is 0.411. The minimum Gasteiger partial charge on any atom is -0.381 e. The first kappa shape index (κ1) is 11.9. The van der Waals surface area contributed by atoms with Gasteiger partial charge in [0.25, 0.3) is 0 Å². The Balaban J connectivity index is 2.17. The lowest BCUT2D eigenvalue weighted by Crippen LogP contribution is -2.43. The van der Waals surface area contributed by atoms with E-state index in [1.807, 2.05) is 24.3 Å². The number of nitrogens with one attached hydrogen (secondary N) is 1. The number of anilines is 1. The molecule has 1 N–H and O–H groups in total. The number of nitrogens with zero attached hydrogens (tertiary/aromatic N) is 1. The lowest BCUT2D eigenvalue weighted by Gasteiger charge is -2.28. The Bertz CT molecular complexity index is 417. The highest BCUT2D eigenvalue weighted by Gasteiger charge is 2.46. The molecule has 0 aromatic heterocycles. The molecule has 0 bridgehead atoms. The van der Waals surface area contributed by atoms with Crippen molar-refractivity contribution in [1.82, 2.24) is 0 Å². The van der Waals surface area contributed by atoms with Crippen LogP contribution in [0.2, 0.25) is 0 Å². The van der Waals surface area contributed by atoms with Crippen LogP contribution in [0, 0.1) is 24.2 Å². The summed E-state index contributed by atoms with van der Waals surface area (Å²) in [5.41, 5.74) is 1.64. The summed E-state index contributed by atoms with van der Waals surface area (Å²) >= 11 is 0. The summed E-state index contributed by atoms with van der Waals surface area (Å²) in [6, 6.07) is 10.5. The molecular formula is C14H18N2O. The van der Waals surface area contributed by atoms with Crippen LogP contribution in [-0.4, -0.2) is 19.3 Å². The van der Waals surface area contributed by atoms with Crippen molar-refractivity contribution in [2.45, 2.75) is 25.3 Å². The molecule has 3 heteroatoms. The summed E-state index contributed by atoms with van der Waals surface area (Å²) in [6.45, 7) is 2.49. The van der Waals surface area contributed by atoms with Crippen LogP contribution in [0.25, 0.3) is 0 Å². The number of ether oxygens (including phenoxy) is 1. The third kappa shape index (κ3) is 2.59. The molecule has 0 heterocycles. The lowest BCUT2D eigenvalue weighted by molar-refractivity contribution is 0.155. The molecular weight excluding hydrogens is 212 g/mol. The average molecular weight is 230 g/mol. The molecule has 2 rings (SSSR count). The van der Waals surface area contributed by atoms with Crippen molar-refractivity contribution in [3.63, 3.8) is 0 Å². The van der Waals surface area contributed by atoms with Gasteiger partial charge >= 0.3 is 0 Å². The largest absolute Gasteiger partial charge is 0.381 e. The van der Waals surface area contributed by atoms with Gasteiger partial charge < -0.3 is 10.1 Å². The molecule has 0 saturated heterocycles. The highest BCUT2D eigenvalue weighted by molar-refractivity contribution is 5.49. The van der Waals surface area contributed by atoms with Crippen molar-refractivity contribution in [2.24, 2.45) is 5.92 Å². The number of rotatable bonds is 5. The van der Waals surface area contributed by atoms with Gasteiger partial charge in [-0.25, -0.2) is 0 Å². The zero-order valence-corrected chi connectivity index (χ0v) is 10.4. The number of benzene rings is 1. The normalized spacial score (nSPS) is 18.2. The predicted molar refractivity (Wildman–Crippen MR) is 67.7 cm³/mol. The smallest absolute Gasteiger partial charge is 0.151 e. The third-order valence-electron chi connectivity index (χ3n) is 3.26. The first-order chi connectivity index (χ1) is 8.20. The molecule has 0 radical (unpaired) electrons. The van der Waals surface area contributed by atoms with E-state index < -0.39 is 5.54 Å². The molecule has 0 amide bonds. The van der Waals surface area contributed by atoms with Crippen LogP contribution in [0.5, 0.6) is 0 Å². The number of nitriles is 1. The van der Waals surface area contributed by atoms with Gasteiger partial charge in [0.1, 0.15) is 0 Å². The molecule has 1 aliphatic rings. The molecule has 1 aromatic carbocycles. The predicted octanol–water partition coefficient (Wildman–Crippen LogP) is 2.73. The maximum atomic E-state index is 9.44. The molecule has 1 aromatic rings. The monoisotopic (exact) mass is 230 g/mol. The van der Waals surface area contributed by atoms with Crippen molar-refractivity contribution < 1.29 is 4.74 Å². The molecule has 0 spiro atoms. The van der Waals surface area contributed by atoms with Gasteiger partial charge in [0.15, 0.2) is 5.54 Å². The van der Waals surface area contributed by atoms with E-state index in [1.54, 1.807) is 7.11 Å². The number of aryl methyl sites for hydroxylation is 1. The highest BCUT2D eigenvalue weighted by atomic mass is 16.5. The Hall–Kier alpha value is -1.53. The van der Waals surface area contributed by atoms with Crippen molar-refractivity contribution in [2.75, 3.05) is 19.0 Å². The molecule has 90 valence electrons. The fraction of sp³-hybridized carbons (Fsp3) is 0.500. The molecule has 1 fully saturated rings. The quantitative estimate of drug-likeness (QED) is 0.846. The van der Waals surface area contributed by atoms with Gasteiger partial charge in [-0.15, -0.1) is 0 Å². The van der Waals surface area contributed by atoms with E-state index in [9.17, 15) is 5.26 Å². The maximum Gasteiger partial charge on any atom is 0.151 e. The van der Waals surface area contributed by atoms with Crippen molar-refractivity contribution in [3.8, 4) is 6.07 Å². The van der Waals surface area contributed by atoms with E-state index in [2.05, 4.69) is 18.3 Å². The van der Waals surface area contributed by atoms with Gasteiger partial charge in [0.05, 0.1) is 12.7 Å². The fourth-order valence-electron chi connectivity index (χ4n) is 2.11. The Morgan fingerprint density at radius 2 is 2.06 bits per heavy atom. The minimum atomic E-state index is -0.565. The molecule has 0 aliphatic heterocycles. The molecule has 1 saturated carbocycles. The zero-order chi connectivity index (χ0) is 12.3. The lowest BCUT2D eigenvalue weighted by atomic mass is 9.95. The van der Waals surface area contributed by atoms with Crippen LogP contribution in [0.3, 0.4) is 0 Å². The van der Waals surface area contributed by atoms with Gasteiger partial charge in [-0.05, 0) is 37.8 Å². The second-order valence-electron chi connectivity index (χ2n) is 4.78. The van der Waals surface area contributed by atoms with Crippen LogP contribution in [0.15, 0.2) is 24.3 Å². The Kier molecular flexibility index (Phi) is 3.35. The van der Waals surface area contributed by atoms with Gasteiger partial charge in [-0.1, -0.05) is 17.7 Å². The molecule has 3 nitrogen and oxygen atoms in total. The molecule has 1 atom stereocenters.